The number of hydrogen-bond acceptors (Lipinski definition) is 4. The van der Waals surface area contributed by atoms with Gasteiger partial charge in [-0.25, -0.2) is 8.78 Å². The molecule has 0 bridgehead atoms. The van der Waals surface area contributed by atoms with Crippen molar-refractivity contribution in [2.24, 2.45) is 0 Å². The number of ether oxygens (including phenoxy) is 1. The molecule has 0 spiro atoms. The Kier molecular flexibility index (Phi) is 6.40. The first kappa shape index (κ1) is 20.5. The minimum atomic E-state index is -0.828. The Labute approximate surface area is 178 Å². The summed E-state index contributed by atoms with van der Waals surface area (Å²) >= 11 is 1.42. The maximum absolute atomic E-state index is 13.9. The predicted molar refractivity (Wildman–Crippen MR) is 113 cm³/mol. The maximum atomic E-state index is 13.9. The Hall–Kier alpha value is -2.77. The molecule has 1 fully saturated rings. The van der Waals surface area contributed by atoms with Crippen molar-refractivity contribution in [3.05, 3.63) is 87.6 Å². The zero-order valence-corrected chi connectivity index (χ0v) is 17.2. The first-order chi connectivity index (χ1) is 14.6. The number of amides is 1. The molecule has 1 aliphatic rings. The lowest BCUT2D eigenvalue weighted by Crippen LogP contribution is -2.48. The molecule has 1 amide bonds. The lowest BCUT2D eigenvalue weighted by Gasteiger charge is -2.34. The maximum Gasteiger partial charge on any atom is 0.264 e. The van der Waals surface area contributed by atoms with Crippen molar-refractivity contribution in [1.82, 2.24) is 9.80 Å². The average molecular weight is 429 g/mol. The fourth-order valence-corrected chi connectivity index (χ4v) is 4.29. The first-order valence-electron chi connectivity index (χ1n) is 9.80. The zero-order chi connectivity index (χ0) is 20.9. The van der Waals surface area contributed by atoms with E-state index in [1.807, 2.05) is 51.6 Å². The third kappa shape index (κ3) is 4.86. The van der Waals surface area contributed by atoms with Gasteiger partial charge in [-0.3, -0.25) is 9.69 Å². The molecule has 2 heterocycles. The number of thiophene rings is 1. The van der Waals surface area contributed by atoms with Gasteiger partial charge in [-0.05, 0) is 29.6 Å². The molecule has 7 heteroatoms. The number of nitrogens with zero attached hydrogens (tertiary/aromatic N) is 2. The van der Waals surface area contributed by atoms with E-state index in [1.54, 1.807) is 6.07 Å². The second-order valence-electron chi connectivity index (χ2n) is 7.20. The quantitative estimate of drug-likeness (QED) is 0.577. The molecule has 0 radical (unpaired) electrons. The van der Waals surface area contributed by atoms with Gasteiger partial charge in [-0.2, -0.15) is 0 Å². The minimum Gasteiger partial charge on any atom is -0.489 e. The number of carbonyl (C=O) groups excluding carboxylic acids is 1. The molecule has 0 unspecified atom stereocenters. The first-order valence-corrected chi connectivity index (χ1v) is 10.7. The van der Waals surface area contributed by atoms with Gasteiger partial charge in [0, 0.05) is 43.9 Å². The van der Waals surface area contributed by atoms with Gasteiger partial charge in [0.25, 0.3) is 5.91 Å². The summed E-state index contributed by atoms with van der Waals surface area (Å²) < 4.78 is 33.0. The number of para-hydroxylation sites is 1. The van der Waals surface area contributed by atoms with Gasteiger partial charge >= 0.3 is 0 Å². The normalized spacial score (nSPS) is 14.7. The summed E-state index contributed by atoms with van der Waals surface area (Å²) in [5.41, 5.74) is 1.31. The van der Waals surface area contributed by atoms with Crippen LogP contribution in [0.2, 0.25) is 0 Å². The predicted octanol–water partition coefficient (Wildman–Crippen LogP) is 4.56. The van der Waals surface area contributed by atoms with Crippen LogP contribution in [0.25, 0.3) is 0 Å². The molecule has 30 heavy (non-hydrogen) atoms. The summed E-state index contributed by atoms with van der Waals surface area (Å²) in [4.78, 5) is 17.4. The number of piperazine rings is 1. The molecule has 0 atom stereocenters. The highest BCUT2D eigenvalue weighted by Crippen LogP contribution is 2.21. The summed E-state index contributed by atoms with van der Waals surface area (Å²) in [5.74, 6) is -0.823. The molecule has 0 saturated carbocycles. The molecule has 0 aliphatic carbocycles. The van der Waals surface area contributed by atoms with Crippen molar-refractivity contribution in [2.75, 3.05) is 26.2 Å². The van der Waals surface area contributed by atoms with Gasteiger partial charge in [-0.1, -0.05) is 30.3 Å². The summed E-state index contributed by atoms with van der Waals surface area (Å²) in [6.45, 7) is 3.12. The summed E-state index contributed by atoms with van der Waals surface area (Å²) in [5, 5.41) is 1.94. The smallest absolute Gasteiger partial charge is 0.264 e. The summed E-state index contributed by atoms with van der Waals surface area (Å²) in [6, 6.07) is 15.7. The van der Waals surface area contributed by atoms with Crippen LogP contribution < -0.4 is 4.74 Å². The van der Waals surface area contributed by atoms with Crippen LogP contribution in [0, 0.1) is 11.6 Å². The van der Waals surface area contributed by atoms with Gasteiger partial charge in [0.15, 0.2) is 11.6 Å². The highest BCUT2D eigenvalue weighted by atomic mass is 32.1. The van der Waals surface area contributed by atoms with Crippen LogP contribution >= 0.6 is 11.3 Å². The number of rotatable bonds is 6. The van der Waals surface area contributed by atoms with Gasteiger partial charge in [0.1, 0.15) is 12.4 Å². The zero-order valence-electron chi connectivity index (χ0n) is 16.4. The van der Waals surface area contributed by atoms with Crippen LogP contribution in [0.15, 0.2) is 60.0 Å². The van der Waals surface area contributed by atoms with E-state index in [0.717, 1.165) is 17.4 Å². The number of carbonyl (C=O) groups is 1. The van der Waals surface area contributed by atoms with Crippen molar-refractivity contribution in [3.63, 3.8) is 0 Å². The van der Waals surface area contributed by atoms with Crippen molar-refractivity contribution < 1.29 is 18.3 Å². The van der Waals surface area contributed by atoms with E-state index in [2.05, 4.69) is 0 Å². The van der Waals surface area contributed by atoms with E-state index in [9.17, 15) is 13.6 Å². The van der Waals surface area contributed by atoms with E-state index < -0.39 is 11.6 Å². The van der Waals surface area contributed by atoms with E-state index in [1.165, 1.54) is 17.4 Å². The average Bonchev–Trinajstić information content (AvgIpc) is 3.25. The Bertz CT molecular complexity index is 1000. The molecule has 1 saturated heterocycles. The topological polar surface area (TPSA) is 32.8 Å². The molecule has 4 rings (SSSR count). The van der Waals surface area contributed by atoms with Crippen molar-refractivity contribution in [1.29, 1.82) is 0 Å². The number of hydrogen-bond donors (Lipinski definition) is 0. The van der Waals surface area contributed by atoms with E-state index in [-0.39, 0.29) is 5.91 Å². The fraction of sp³-hybridized carbons (Fsp3) is 0.261. The van der Waals surface area contributed by atoms with Crippen LogP contribution in [0.1, 0.15) is 20.8 Å². The third-order valence-corrected chi connectivity index (χ3v) is 6.07. The van der Waals surface area contributed by atoms with Crippen LogP contribution in [0.5, 0.6) is 5.75 Å². The molecule has 1 aliphatic heterocycles. The Balaban J connectivity index is 1.29. The monoisotopic (exact) mass is 428 g/mol. The second kappa shape index (κ2) is 9.36. The lowest BCUT2D eigenvalue weighted by molar-refractivity contribution is 0.0631. The summed E-state index contributed by atoms with van der Waals surface area (Å²) in [7, 11) is 0. The van der Waals surface area contributed by atoms with Crippen molar-refractivity contribution in [2.45, 2.75) is 13.2 Å². The summed E-state index contributed by atoms with van der Waals surface area (Å²) in [6.07, 6.45) is 0. The Morgan fingerprint density at radius 3 is 2.53 bits per heavy atom. The molecule has 1 aromatic heterocycles. The van der Waals surface area contributed by atoms with Crippen LogP contribution in [0.4, 0.5) is 8.78 Å². The lowest BCUT2D eigenvalue weighted by atomic mass is 10.1. The third-order valence-electron chi connectivity index (χ3n) is 5.10. The van der Waals surface area contributed by atoms with Crippen LogP contribution in [-0.2, 0) is 13.2 Å². The highest BCUT2D eigenvalue weighted by molar-refractivity contribution is 7.12. The molecule has 3 aromatic rings. The van der Waals surface area contributed by atoms with E-state index in [4.69, 9.17) is 4.74 Å². The van der Waals surface area contributed by atoms with E-state index >= 15 is 0 Å². The second-order valence-corrected chi connectivity index (χ2v) is 8.11. The van der Waals surface area contributed by atoms with Crippen molar-refractivity contribution in [3.8, 4) is 5.75 Å². The molecule has 4 nitrogen and oxygen atoms in total. The van der Waals surface area contributed by atoms with Gasteiger partial charge in [-0.15, -0.1) is 11.3 Å². The Morgan fingerprint density at radius 2 is 1.77 bits per heavy atom. The molecule has 156 valence electrons. The van der Waals surface area contributed by atoms with Gasteiger partial charge < -0.3 is 9.64 Å². The molecular weight excluding hydrogens is 406 g/mol. The SMILES string of the molecule is O=C(c1cc(COc2ccccc2)cs1)N1CCN(Cc2cccc(F)c2F)CC1. The standard InChI is InChI=1S/C23H22F2N2O2S/c24-20-8-4-5-18(22(20)25)14-26-9-11-27(12-10-26)23(28)21-13-17(16-30-21)15-29-19-6-2-1-3-7-19/h1-8,13,16H,9-12,14-15H2. The van der Waals surface area contributed by atoms with Crippen molar-refractivity contribution >= 4 is 17.2 Å². The number of benzene rings is 2. The van der Waals surface area contributed by atoms with Crippen LogP contribution in [0.3, 0.4) is 0 Å². The van der Waals surface area contributed by atoms with E-state index in [0.29, 0.717) is 49.8 Å². The highest BCUT2D eigenvalue weighted by Gasteiger charge is 2.24. The largest absolute Gasteiger partial charge is 0.489 e. The molecule has 2 aromatic carbocycles. The minimum absolute atomic E-state index is 0.00236. The number of halogens is 2. The molecule has 0 N–H and O–H groups in total. The van der Waals surface area contributed by atoms with Gasteiger partial charge in [0.05, 0.1) is 4.88 Å². The Morgan fingerprint density at radius 1 is 1.00 bits per heavy atom. The van der Waals surface area contributed by atoms with Crippen LogP contribution in [-0.4, -0.2) is 41.9 Å². The molecular formula is C23H22F2N2O2S. The fourth-order valence-electron chi connectivity index (χ4n) is 3.42. The van der Waals surface area contributed by atoms with Gasteiger partial charge in [0.2, 0.25) is 0 Å².